The van der Waals surface area contributed by atoms with Gasteiger partial charge in [-0.1, -0.05) is 11.6 Å². The van der Waals surface area contributed by atoms with E-state index >= 15 is 0 Å². The molecule has 0 atom stereocenters. The number of hydrogen-bond acceptors (Lipinski definition) is 3. The highest BCUT2D eigenvalue weighted by atomic mass is 35.5. The molecule has 1 aromatic heterocycles. The Morgan fingerprint density at radius 2 is 2.07 bits per heavy atom. The van der Waals surface area contributed by atoms with E-state index in [1.54, 1.807) is 0 Å². The van der Waals surface area contributed by atoms with Crippen LogP contribution in [0.5, 0.6) is 0 Å². The molecule has 0 radical (unpaired) electrons. The molecule has 0 aliphatic heterocycles. The van der Waals surface area contributed by atoms with E-state index in [0.717, 1.165) is 0 Å². The third kappa shape index (κ3) is 4.24. The lowest BCUT2D eigenvalue weighted by Crippen LogP contribution is -2.15. The van der Waals surface area contributed by atoms with E-state index in [-0.39, 0.29) is 23.2 Å². The highest BCUT2D eigenvalue weighted by Crippen LogP contribution is 2.21. The maximum atomic E-state index is 11.8. The molecule has 0 aromatic carbocycles. The Morgan fingerprint density at radius 3 is 2.67 bits per heavy atom. The van der Waals surface area contributed by atoms with Crippen molar-refractivity contribution in [3.63, 3.8) is 0 Å². The highest BCUT2D eigenvalue weighted by molar-refractivity contribution is 6.29. The fourth-order valence-corrected chi connectivity index (χ4v) is 1.06. The number of nitrogens with two attached hydrogens (primary N) is 1. The Kier molecular flexibility index (Phi) is 3.62. The van der Waals surface area contributed by atoms with Crippen LogP contribution >= 0.6 is 11.6 Å². The van der Waals surface area contributed by atoms with Gasteiger partial charge >= 0.3 is 6.18 Å². The molecule has 3 N–H and O–H groups in total. The van der Waals surface area contributed by atoms with Gasteiger partial charge in [-0.05, 0) is 12.1 Å². The Labute approximate surface area is 89.4 Å². The molecule has 84 valence electrons. The number of nitrogens with one attached hydrogen (secondary N) is 1. The zero-order valence-electron chi connectivity index (χ0n) is 7.61. The molecule has 0 amide bonds. The summed E-state index contributed by atoms with van der Waals surface area (Å²) in [7, 11) is 0. The zero-order chi connectivity index (χ0) is 11.5. The van der Waals surface area contributed by atoms with E-state index in [4.69, 9.17) is 17.3 Å². The number of pyridine rings is 1. The van der Waals surface area contributed by atoms with E-state index < -0.39 is 12.6 Å². The minimum atomic E-state index is -4.19. The normalized spacial score (nSPS) is 11.5. The van der Waals surface area contributed by atoms with Crippen molar-refractivity contribution in [2.75, 3.05) is 17.6 Å². The Balaban J connectivity index is 2.54. The van der Waals surface area contributed by atoms with Gasteiger partial charge in [0, 0.05) is 6.54 Å². The van der Waals surface area contributed by atoms with Crippen molar-refractivity contribution in [2.45, 2.75) is 12.6 Å². The lowest BCUT2D eigenvalue weighted by atomic mass is 10.3. The number of nitrogens with zero attached hydrogens (tertiary/aromatic N) is 1. The molecule has 0 fully saturated rings. The quantitative estimate of drug-likeness (QED) is 0.798. The molecule has 0 saturated heterocycles. The second kappa shape index (κ2) is 4.57. The van der Waals surface area contributed by atoms with E-state index in [1.807, 2.05) is 0 Å². The first-order valence-corrected chi connectivity index (χ1v) is 4.49. The van der Waals surface area contributed by atoms with Crippen LogP contribution in [0.3, 0.4) is 0 Å². The number of halogens is 4. The Morgan fingerprint density at radius 1 is 1.40 bits per heavy atom. The summed E-state index contributed by atoms with van der Waals surface area (Å²) in [4.78, 5) is 3.75. The fourth-order valence-electron chi connectivity index (χ4n) is 0.910. The molecule has 0 spiro atoms. The molecule has 1 rings (SSSR count). The van der Waals surface area contributed by atoms with Crippen molar-refractivity contribution >= 4 is 23.1 Å². The summed E-state index contributed by atoms with van der Waals surface area (Å²) in [5.74, 6) is 0.173. The smallest absolute Gasteiger partial charge is 0.390 e. The summed E-state index contributed by atoms with van der Waals surface area (Å²) in [5, 5.41) is 2.65. The van der Waals surface area contributed by atoms with Crippen molar-refractivity contribution in [3.05, 3.63) is 17.3 Å². The van der Waals surface area contributed by atoms with Gasteiger partial charge in [0.2, 0.25) is 0 Å². The topological polar surface area (TPSA) is 50.9 Å². The van der Waals surface area contributed by atoms with Crippen LogP contribution < -0.4 is 11.1 Å². The molecule has 15 heavy (non-hydrogen) atoms. The Bertz CT molecular complexity index is 340. The average molecular weight is 240 g/mol. The summed E-state index contributed by atoms with van der Waals surface area (Å²) < 4.78 is 35.5. The molecule has 1 heterocycles. The van der Waals surface area contributed by atoms with Gasteiger partial charge in [-0.25, -0.2) is 4.98 Å². The first kappa shape index (κ1) is 11.9. The molecule has 7 heteroatoms. The highest BCUT2D eigenvalue weighted by Gasteiger charge is 2.26. The van der Waals surface area contributed by atoms with Crippen LogP contribution in [0.25, 0.3) is 0 Å². The summed E-state index contributed by atoms with van der Waals surface area (Å²) in [5.41, 5.74) is 5.74. The predicted octanol–water partition coefficient (Wildman–Crippen LogP) is 2.68. The van der Waals surface area contributed by atoms with Crippen LogP contribution in [0.4, 0.5) is 24.7 Å². The average Bonchev–Trinajstić information content (AvgIpc) is 2.09. The van der Waals surface area contributed by atoms with Crippen molar-refractivity contribution in [3.8, 4) is 0 Å². The first-order valence-electron chi connectivity index (χ1n) is 4.11. The van der Waals surface area contributed by atoms with Crippen molar-refractivity contribution in [1.82, 2.24) is 4.98 Å². The first-order chi connectivity index (χ1) is 6.88. The minimum absolute atomic E-state index is 0.173. The molecular weight excluding hydrogens is 231 g/mol. The largest absolute Gasteiger partial charge is 0.396 e. The van der Waals surface area contributed by atoms with E-state index in [2.05, 4.69) is 10.3 Å². The van der Waals surface area contributed by atoms with Crippen LogP contribution in [-0.4, -0.2) is 17.7 Å². The van der Waals surface area contributed by atoms with E-state index in [9.17, 15) is 13.2 Å². The summed E-state index contributed by atoms with van der Waals surface area (Å²) in [6, 6.07) is 2.94. The Hall–Kier alpha value is -1.17. The number of rotatable bonds is 3. The second-order valence-electron chi connectivity index (χ2n) is 2.86. The lowest BCUT2D eigenvalue weighted by molar-refractivity contribution is -0.131. The van der Waals surface area contributed by atoms with Gasteiger partial charge in [-0.2, -0.15) is 13.2 Å². The third-order valence-corrected chi connectivity index (χ3v) is 1.80. The molecule has 3 nitrogen and oxygen atoms in total. The molecule has 0 saturated carbocycles. The van der Waals surface area contributed by atoms with Gasteiger partial charge in [0.05, 0.1) is 12.1 Å². The fraction of sp³-hybridized carbons (Fsp3) is 0.375. The van der Waals surface area contributed by atoms with Gasteiger partial charge in [-0.15, -0.1) is 0 Å². The van der Waals surface area contributed by atoms with Crippen LogP contribution in [0.15, 0.2) is 12.1 Å². The summed E-state index contributed by atoms with van der Waals surface area (Å²) >= 11 is 5.56. The SMILES string of the molecule is Nc1ccc(Cl)nc1NCCC(F)(F)F. The standard InChI is InChI=1S/C8H9ClF3N3/c9-6-2-1-5(13)7(15-6)14-4-3-8(10,11)12/h1-2H,3-4,13H2,(H,14,15). The number of aromatic nitrogens is 1. The van der Waals surface area contributed by atoms with E-state index in [1.165, 1.54) is 12.1 Å². The molecule has 0 aliphatic carbocycles. The van der Waals surface area contributed by atoms with Crippen molar-refractivity contribution in [2.24, 2.45) is 0 Å². The van der Waals surface area contributed by atoms with Gasteiger partial charge in [-0.3, -0.25) is 0 Å². The van der Waals surface area contributed by atoms with Crippen LogP contribution in [0.2, 0.25) is 5.15 Å². The van der Waals surface area contributed by atoms with Gasteiger partial charge in [0.15, 0.2) is 5.82 Å². The molecular formula is C8H9ClF3N3. The molecule has 0 unspecified atom stereocenters. The maximum absolute atomic E-state index is 11.8. The zero-order valence-corrected chi connectivity index (χ0v) is 8.36. The van der Waals surface area contributed by atoms with Gasteiger partial charge in [0.25, 0.3) is 0 Å². The number of alkyl halides is 3. The number of anilines is 2. The second-order valence-corrected chi connectivity index (χ2v) is 3.25. The number of nitrogen functional groups attached to an aromatic ring is 1. The van der Waals surface area contributed by atoms with Gasteiger partial charge < -0.3 is 11.1 Å². The van der Waals surface area contributed by atoms with E-state index in [0.29, 0.717) is 0 Å². The monoisotopic (exact) mass is 239 g/mol. The summed E-state index contributed by atoms with van der Waals surface area (Å²) in [6.07, 6.45) is -5.14. The van der Waals surface area contributed by atoms with Crippen LogP contribution in [0, 0.1) is 0 Å². The molecule has 0 aliphatic rings. The van der Waals surface area contributed by atoms with Crippen molar-refractivity contribution in [1.29, 1.82) is 0 Å². The maximum Gasteiger partial charge on any atom is 0.390 e. The van der Waals surface area contributed by atoms with Crippen LogP contribution in [0.1, 0.15) is 6.42 Å². The summed E-state index contributed by atoms with van der Waals surface area (Å²) in [6.45, 7) is -0.277. The lowest BCUT2D eigenvalue weighted by Gasteiger charge is -2.09. The number of hydrogen-bond donors (Lipinski definition) is 2. The minimum Gasteiger partial charge on any atom is -0.396 e. The van der Waals surface area contributed by atoms with Crippen LogP contribution in [-0.2, 0) is 0 Å². The van der Waals surface area contributed by atoms with Gasteiger partial charge in [0.1, 0.15) is 5.15 Å². The third-order valence-electron chi connectivity index (χ3n) is 1.59. The molecule has 0 bridgehead atoms. The van der Waals surface area contributed by atoms with Crippen molar-refractivity contribution < 1.29 is 13.2 Å². The molecule has 1 aromatic rings. The predicted molar refractivity (Wildman–Crippen MR) is 52.8 cm³/mol.